The fourth-order valence-corrected chi connectivity index (χ4v) is 5.63. The van der Waals surface area contributed by atoms with Gasteiger partial charge in [-0.2, -0.15) is 4.99 Å². The number of amidine groups is 1. The Kier molecular flexibility index (Phi) is 8.46. The molecular weight excluding hydrogens is 528 g/mol. The summed E-state index contributed by atoms with van der Waals surface area (Å²) in [6, 6.07) is 23.1. The van der Waals surface area contributed by atoms with Crippen LogP contribution in [0.25, 0.3) is 11.1 Å². The van der Waals surface area contributed by atoms with Crippen molar-refractivity contribution in [2.75, 3.05) is 26.3 Å². The summed E-state index contributed by atoms with van der Waals surface area (Å²) in [5.74, 6) is -0.270. The SMILES string of the molecule is Cc1ccc(C(=O)CC(=CC(=C2SC(N3CCOCC3)=NC2=O)c2ccc(C)cc2)c2ccc(Cl)cc2)cc1. The highest BCUT2D eigenvalue weighted by molar-refractivity contribution is 8.18. The van der Waals surface area contributed by atoms with Crippen LogP contribution in [0.15, 0.2) is 88.8 Å². The van der Waals surface area contributed by atoms with Crippen LogP contribution in [-0.4, -0.2) is 48.1 Å². The van der Waals surface area contributed by atoms with E-state index in [0.717, 1.165) is 33.4 Å². The number of carbonyl (C=O) groups is 2. The number of halogens is 1. The second kappa shape index (κ2) is 12.2. The van der Waals surface area contributed by atoms with Gasteiger partial charge in [0, 0.05) is 35.7 Å². The molecule has 0 aliphatic carbocycles. The van der Waals surface area contributed by atoms with Crippen LogP contribution >= 0.6 is 23.4 Å². The van der Waals surface area contributed by atoms with Gasteiger partial charge < -0.3 is 9.64 Å². The summed E-state index contributed by atoms with van der Waals surface area (Å²) < 4.78 is 5.48. The molecule has 0 aromatic heterocycles. The Bertz CT molecular complexity index is 1470. The number of allylic oxidation sites excluding steroid dienone is 3. The van der Waals surface area contributed by atoms with Crippen LogP contribution in [0.5, 0.6) is 0 Å². The van der Waals surface area contributed by atoms with E-state index in [1.165, 1.54) is 11.8 Å². The van der Waals surface area contributed by atoms with Crippen LogP contribution in [0.4, 0.5) is 0 Å². The predicted octanol–water partition coefficient (Wildman–Crippen LogP) is 6.99. The fourth-order valence-electron chi connectivity index (χ4n) is 4.46. The number of hydrogen-bond acceptors (Lipinski definition) is 5. The fraction of sp³-hybridized carbons (Fsp3) is 0.219. The highest BCUT2D eigenvalue weighted by atomic mass is 35.5. The second-order valence-corrected chi connectivity index (χ2v) is 11.1. The number of aryl methyl sites for hydroxylation is 2. The molecule has 0 N–H and O–H groups in total. The first-order chi connectivity index (χ1) is 18.9. The number of amides is 1. The summed E-state index contributed by atoms with van der Waals surface area (Å²) >= 11 is 7.58. The maximum atomic E-state index is 13.4. The van der Waals surface area contributed by atoms with E-state index in [4.69, 9.17) is 16.3 Å². The molecule has 1 fully saturated rings. The summed E-state index contributed by atoms with van der Waals surface area (Å²) in [6.07, 6.45) is 2.14. The summed E-state index contributed by atoms with van der Waals surface area (Å²) in [4.78, 5) is 33.8. The van der Waals surface area contributed by atoms with E-state index in [1.807, 2.05) is 92.7 Å². The van der Waals surface area contributed by atoms with Gasteiger partial charge in [-0.3, -0.25) is 9.59 Å². The predicted molar refractivity (Wildman–Crippen MR) is 160 cm³/mol. The van der Waals surface area contributed by atoms with Crippen LogP contribution < -0.4 is 0 Å². The van der Waals surface area contributed by atoms with E-state index in [-0.39, 0.29) is 18.1 Å². The molecule has 3 aromatic carbocycles. The van der Waals surface area contributed by atoms with E-state index < -0.39 is 0 Å². The van der Waals surface area contributed by atoms with Crippen LogP contribution in [0.3, 0.4) is 0 Å². The Labute approximate surface area is 238 Å². The Balaban J connectivity index is 1.59. The number of morpholine rings is 1. The molecule has 0 bridgehead atoms. The van der Waals surface area contributed by atoms with Gasteiger partial charge in [0.25, 0.3) is 5.91 Å². The third-order valence-electron chi connectivity index (χ3n) is 6.73. The molecule has 0 unspecified atom stereocenters. The number of ketones is 1. The number of aliphatic imine (C=N–C) groups is 1. The molecule has 0 saturated carbocycles. The third kappa shape index (κ3) is 6.59. The maximum absolute atomic E-state index is 13.4. The van der Waals surface area contributed by atoms with Crippen molar-refractivity contribution in [1.82, 2.24) is 4.90 Å². The number of ether oxygens (including phenoxy) is 1. The van der Waals surface area contributed by atoms with Crippen LogP contribution in [0, 0.1) is 13.8 Å². The lowest BCUT2D eigenvalue weighted by Crippen LogP contribution is -2.38. The topological polar surface area (TPSA) is 59.0 Å². The molecule has 1 saturated heterocycles. The minimum Gasteiger partial charge on any atom is -0.378 e. The normalized spacial score (nSPS) is 17.3. The van der Waals surface area contributed by atoms with Gasteiger partial charge in [-0.1, -0.05) is 83.4 Å². The molecule has 2 aliphatic heterocycles. The molecule has 5 nitrogen and oxygen atoms in total. The minimum atomic E-state index is -0.270. The molecule has 0 radical (unpaired) electrons. The number of hydrogen-bond donors (Lipinski definition) is 0. The van der Waals surface area contributed by atoms with E-state index in [9.17, 15) is 9.59 Å². The van der Waals surface area contributed by atoms with E-state index >= 15 is 0 Å². The van der Waals surface area contributed by atoms with Crippen LogP contribution in [0.1, 0.15) is 39.0 Å². The summed E-state index contributed by atoms with van der Waals surface area (Å²) in [6.45, 7) is 6.64. The lowest BCUT2D eigenvalue weighted by atomic mass is 9.93. The van der Waals surface area contributed by atoms with Crippen molar-refractivity contribution in [2.24, 2.45) is 4.99 Å². The lowest BCUT2D eigenvalue weighted by Gasteiger charge is -2.27. The number of carbonyl (C=O) groups excluding carboxylic acids is 2. The van der Waals surface area contributed by atoms with Crippen molar-refractivity contribution in [3.8, 4) is 0 Å². The molecule has 3 aromatic rings. The molecule has 2 aliphatic rings. The van der Waals surface area contributed by atoms with Gasteiger partial charge in [-0.15, -0.1) is 0 Å². The Morgan fingerprint density at radius 2 is 1.46 bits per heavy atom. The highest BCUT2D eigenvalue weighted by Crippen LogP contribution is 2.38. The molecule has 198 valence electrons. The quantitative estimate of drug-likeness (QED) is 0.242. The van der Waals surface area contributed by atoms with Gasteiger partial charge in [0.15, 0.2) is 11.0 Å². The third-order valence-corrected chi connectivity index (χ3v) is 8.11. The zero-order valence-electron chi connectivity index (χ0n) is 21.9. The number of nitrogens with zero attached hydrogens (tertiary/aromatic N) is 2. The molecule has 5 rings (SSSR count). The van der Waals surface area contributed by atoms with Gasteiger partial charge >= 0.3 is 0 Å². The molecule has 0 atom stereocenters. The maximum Gasteiger partial charge on any atom is 0.286 e. The zero-order valence-corrected chi connectivity index (χ0v) is 23.5. The van der Waals surface area contributed by atoms with E-state index in [2.05, 4.69) is 9.89 Å². The number of rotatable bonds is 6. The number of thioether (sulfide) groups is 1. The lowest BCUT2D eigenvalue weighted by molar-refractivity contribution is -0.113. The smallest absolute Gasteiger partial charge is 0.286 e. The van der Waals surface area contributed by atoms with Crippen molar-refractivity contribution < 1.29 is 14.3 Å². The monoisotopic (exact) mass is 556 g/mol. The number of benzene rings is 3. The Hall–Kier alpha value is -3.45. The zero-order chi connectivity index (χ0) is 27.4. The van der Waals surface area contributed by atoms with Crippen molar-refractivity contribution in [3.05, 3.63) is 117 Å². The standard InChI is InChI=1S/C32H29ClN2O3S/c1-21-3-7-24(8-4-21)28(30-31(37)34-32(39-30)35-15-17-38-18-16-35)19-26(23-11-13-27(33)14-12-23)20-29(36)25-9-5-22(2)6-10-25/h3-14,19H,15-18,20H2,1-2H3. The molecule has 2 heterocycles. The van der Waals surface area contributed by atoms with Gasteiger partial charge in [-0.25, -0.2) is 0 Å². The average molecular weight is 557 g/mol. The first kappa shape index (κ1) is 27.1. The van der Waals surface area contributed by atoms with Crippen LogP contribution in [-0.2, 0) is 9.53 Å². The van der Waals surface area contributed by atoms with Gasteiger partial charge in [0.05, 0.1) is 18.1 Å². The van der Waals surface area contributed by atoms with Crippen molar-refractivity contribution >= 4 is 51.4 Å². The summed E-state index contributed by atoms with van der Waals surface area (Å²) in [5, 5.41) is 1.31. The first-order valence-corrected chi connectivity index (χ1v) is 14.1. The molecule has 7 heteroatoms. The number of Topliss-reactive ketones (excluding diaryl/α,β-unsaturated/α-hetero) is 1. The van der Waals surface area contributed by atoms with Gasteiger partial charge in [0.2, 0.25) is 0 Å². The first-order valence-electron chi connectivity index (χ1n) is 12.9. The molecular formula is C32H29ClN2O3S. The van der Waals surface area contributed by atoms with Crippen molar-refractivity contribution in [3.63, 3.8) is 0 Å². The molecule has 0 spiro atoms. The second-order valence-electron chi connectivity index (χ2n) is 9.65. The van der Waals surface area contributed by atoms with Crippen molar-refractivity contribution in [2.45, 2.75) is 20.3 Å². The Morgan fingerprint density at radius 1 is 0.897 bits per heavy atom. The summed E-state index contributed by atoms with van der Waals surface area (Å²) in [7, 11) is 0. The Morgan fingerprint density at radius 3 is 2.08 bits per heavy atom. The highest BCUT2D eigenvalue weighted by Gasteiger charge is 2.30. The minimum absolute atomic E-state index is 0.000105. The van der Waals surface area contributed by atoms with Crippen molar-refractivity contribution in [1.29, 1.82) is 0 Å². The average Bonchev–Trinajstić information content (AvgIpc) is 3.34. The molecule has 1 amide bonds. The largest absolute Gasteiger partial charge is 0.378 e. The van der Waals surface area contributed by atoms with E-state index in [0.29, 0.717) is 47.0 Å². The summed E-state index contributed by atoms with van der Waals surface area (Å²) in [5.41, 5.74) is 6.18. The van der Waals surface area contributed by atoms with Gasteiger partial charge in [-0.05, 0) is 60.5 Å². The van der Waals surface area contributed by atoms with E-state index in [1.54, 1.807) is 0 Å². The van der Waals surface area contributed by atoms with Gasteiger partial charge in [0.1, 0.15) is 0 Å². The molecule has 39 heavy (non-hydrogen) atoms. The van der Waals surface area contributed by atoms with Crippen LogP contribution in [0.2, 0.25) is 5.02 Å².